The summed E-state index contributed by atoms with van der Waals surface area (Å²) < 4.78 is 1.95. The average Bonchev–Trinajstić information content (AvgIpc) is 2.81. The highest BCUT2D eigenvalue weighted by molar-refractivity contribution is 5.64. The number of nitrogens with one attached hydrogen (secondary N) is 1. The van der Waals surface area contributed by atoms with Gasteiger partial charge >= 0.3 is 0 Å². The summed E-state index contributed by atoms with van der Waals surface area (Å²) in [7, 11) is 0. The van der Waals surface area contributed by atoms with Gasteiger partial charge in [0.25, 0.3) is 0 Å². The number of aromatic nitrogens is 2. The van der Waals surface area contributed by atoms with Crippen molar-refractivity contribution >= 4 is 5.82 Å². The van der Waals surface area contributed by atoms with Gasteiger partial charge in [-0.25, -0.2) is 4.68 Å². The lowest BCUT2D eigenvalue weighted by atomic mass is 10.1. The number of nitrogens with zero attached hydrogens (tertiary/aromatic N) is 2. The van der Waals surface area contributed by atoms with E-state index in [1.54, 1.807) is 0 Å². The molecule has 94 valence electrons. The van der Waals surface area contributed by atoms with Crippen LogP contribution in [0.25, 0.3) is 11.3 Å². The van der Waals surface area contributed by atoms with Crippen LogP contribution < -0.4 is 5.32 Å². The van der Waals surface area contributed by atoms with Crippen molar-refractivity contribution in [3.05, 3.63) is 35.9 Å². The topological polar surface area (TPSA) is 50.1 Å². The van der Waals surface area contributed by atoms with E-state index in [0.717, 1.165) is 30.2 Å². The highest BCUT2D eigenvalue weighted by Gasteiger charge is 2.19. The van der Waals surface area contributed by atoms with Crippen molar-refractivity contribution in [2.24, 2.45) is 5.92 Å². The zero-order valence-corrected chi connectivity index (χ0v) is 10.4. The third-order valence-electron chi connectivity index (χ3n) is 3.35. The van der Waals surface area contributed by atoms with Crippen LogP contribution in [0.15, 0.2) is 30.3 Å². The van der Waals surface area contributed by atoms with Crippen molar-refractivity contribution in [1.82, 2.24) is 9.78 Å². The minimum Gasteiger partial charge on any atom is -0.396 e. The molecule has 0 spiro atoms. The standard InChI is InChI=1S/C14H17N3O/c1-10-3-2-4-12(5-10)13-6-14-15-7-11(9-18)8-17(14)16-13/h2-6,11,15,18H,7-9H2,1H3. The number of aryl methyl sites for hydroxylation is 1. The third kappa shape index (κ3) is 1.99. The summed E-state index contributed by atoms with van der Waals surface area (Å²) in [6.07, 6.45) is 0. The van der Waals surface area contributed by atoms with Gasteiger partial charge in [0, 0.05) is 37.2 Å². The Bertz CT molecular complexity index is 562. The lowest BCUT2D eigenvalue weighted by Crippen LogP contribution is -2.29. The van der Waals surface area contributed by atoms with E-state index in [1.807, 2.05) is 10.7 Å². The second kappa shape index (κ2) is 4.46. The van der Waals surface area contributed by atoms with E-state index in [-0.39, 0.29) is 12.5 Å². The summed E-state index contributed by atoms with van der Waals surface area (Å²) in [6, 6.07) is 10.4. The summed E-state index contributed by atoms with van der Waals surface area (Å²) in [5, 5.41) is 17.1. The largest absolute Gasteiger partial charge is 0.396 e. The van der Waals surface area contributed by atoms with Crippen LogP contribution in [0.2, 0.25) is 0 Å². The Hall–Kier alpha value is -1.81. The van der Waals surface area contributed by atoms with E-state index in [0.29, 0.717) is 0 Å². The minimum absolute atomic E-state index is 0.200. The molecule has 4 heteroatoms. The minimum atomic E-state index is 0.200. The van der Waals surface area contributed by atoms with Gasteiger partial charge in [-0.15, -0.1) is 0 Å². The monoisotopic (exact) mass is 243 g/mol. The van der Waals surface area contributed by atoms with E-state index < -0.39 is 0 Å². The van der Waals surface area contributed by atoms with Gasteiger partial charge in [-0.3, -0.25) is 0 Å². The molecular weight excluding hydrogens is 226 g/mol. The van der Waals surface area contributed by atoms with Crippen molar-refractivity contribution in [2.75, 3.05) is 18.5 Å². The fourth-order valence-corrected chi connectivity index (χ4v) is 2.32. The summed E-state index contributed by atoms with van der Waals surface area (Å²) in [5.74, 6) is 1.29. The smallest absolute Gasteiger partial charge is 0.124 e. The Morgan fingerprint density at radius 2 is 2.33 bits per heavy atom. The third-order valence-corrected chi connectivity index (χ3v) is 3.35. The van der Waals surface area contributed by atoms with Gasteiger partial charge in [-0.1, -0.05) is 23.8 Å². The maximum atomic E-state index is 9.20. The molecule has 2 heterocycles. The van der Waals surface area contributed by atoms with E-state index >= 15 is 0 Å². The van der Waals surface area contributed by atoms with Crippen LogP contribution in [0.4, 0.5) is 5.82 Å². The number of aliphatic hydroxyl groups excluding tert-OH is 1. The quantitative estimate of drug-likeness (QED) is 0.847. The second-order valence-corrected chi connectivity index (χ2v) is 4.90. The Morgan fingerprint density at radius 1 is 1.44 bits per heavy atom. The van der Waals surface area contributed by atoms with Gasteiger partial charge in [0.15, 0.2) is 0 Å². The van der Waals surface area contributed by atoms with Gasteiger partial charge in [0.1, 0.15) is 5.82 Å². The number of hydrogen-bond donors (Lipinski definition) is 2. The molecule has 1 aromatic heterocycles. The maximum absolute atomic E-state index is 9.20. The molecule has 2 N–H and O–H groups in total. The molecular formula is C14H17N3O. The predicted molar refractivity (Wildman–Crippen MR) is 71.5 cm³/mol. The van der Waals surface area contributed by atoms with Crippen molar-refractivity contribution < 1.29 is 5.11 Å². The molecule has 4 nitrogen and oxygen atoms in total. The normalized spacial score (nSPS) is 18.2. The molecule has 1 unspecified atom stereocenters. The van der Waals surface area contributed by atoms with Gasteiger partial charge in [0.05, 0.1) is 5.69 Å². The lowest BCUT2D eigenvalue weighted by molar-refractivity contribution is 0.209. The van der Waals surface area contributed by atoms with Crippen molar-refractivity contribution in [3.8, 4) is 11.3 Å². The number of aliphatic hydroxyl groups is 1. The van der Waals surface area contributed by atoms with Crippen LogP contribution in [-0.4, -0.2) is 28.0 Å². The van der Waals surface area contributed by atoms with E-state index in [1.165, 1.54) is 5.56 Å². The van der Waals surface area contributed by atoms with Crippen LogP contribution in [0.3, 0.4) is 0 Å². The molecule has 18 heavy (non-hydrogen) atoms. The van der Waals surface area contributed by atoms with Crippen molar-refractivity contribution in [2.45, 2.75) is 13.5 Å². The van der Waals surface area contributed by atoms with E-state index in [2.05, 4.69) is 41.6 Å². The predicted octanol–water partition coefficient (Wildman–Crippen LogP) is 1.89. The van der Waals surface area contributed by atoms with Crippen molar-refractivity contribution in [3.63, 3.8) is 0 Å². The van der Waals surface area contributed by atoms with Crippen LogP contribution in [0.1, 0.15) is 5.56 Å². The number of anilines is 1. The van der Waals surface area contributed by atoms with Crippen LogP contribution in [-0.2, 0) is 6.54 Å². The lowest BCUT2D eigenvalue weighted by Gasteiger charge is -2.22. The van der Waals surface area contributed by atoms with Gasteiger partial charge in [0.2, 0.25) is 0 Å². The molecule has 3 rings (SSSR count). The molecule has 0 saturated carbocycles. The first kappa shape index (κ1) is 11.3. The molecule has 1 aliphatic rings. The molecule has 1 aliphatic heterocycles. The molecule has 1 aromatic carbocycles. The van der Waals surface area contributed by atoms with Crippen LogP contribution in [0.5, 0.6) is 0 Å². The van der Waals surface area contributed by atoms with E-state index in [4.69, 9.17) is 0 Å². The molecule has 0 bridgehead atoms. The summed E-state index contributed by atoms with van der Waals surface area (Å²) >= 11 is 0. The molecule has 0 saturated heterocycles. The Morgan fingerprint density at radius 3 is 3.11 bits per heavy atom. The second-order valence-electron chi connectivity index (χ2n) is 4.90. The molecule has 0 fully saturated rings. The molecule has 0 radical (unpaired) electrons. The molecule has 0 amide bonds. The number of fused-ring (bicyclic) bond motifs is 1. The number of rotatable bonds is 2. The first-order chi connectivity index (χ1) is 8.76. The average molecular weight is 243 g/mol. The van der Waals surface area contributed by atoms with Gasteiger partial charge in [-0.2, -0.15) is 5.10 Å². The highest BCUT2D eigenvalue weighted by atomic mass is 16.3. The first-order valence-corrected chi connectivity index (χ1v) is 6.26. The SMILES string of the molecule is Cc1cccc(-c2cc3n(n2)CC(CO)CN3)c1. The van der Waals surface area contributed by atoms with Crippen molar-refractivity contribution in [1.29, 1.82) is 0 Å². The van der Waals surface area contributed by atoms with Gasteiger partial charge in [-0.05, 0) is 13.0 Å². The van der Waals surface area contributed by atoms with E-state index in [9.17, 15) is 5.11 Å². The molecule has 1 atom stereocenters. The zero-order chi connectivity index (χ0) is 12.5. The fraction of sp³-hybridized carbons (Fsp3) is 0.357. The Kier molecular flexibility index (Phi) is 2.80. The van der Waals surface area contributed by atoms with Crippen LogP contribution >= 0.6 is 0 Å². The maximum Gasteiger partial charge on any atom is 0.124 e. The summed E-state index contributed by atoms with van der Waals surface area (Å²) in [4.78, 5) is 0. The Balaban J connectivity index is 1.94. The Labute approximate surface area is 106 Å². The summed E-state index contributed by atoms with van der Waals surface area (Å²) in [5.41, 5.74) is 3.36. The fourth-order valence-electron chi connectivity index (χ4n) is 2.32. The van der Waals surface area contributed by atoms with Crippen LogP contribution in [0, 0.1) is 12.8 Å². The zero-order valence-electron chi connectivity index (χ0n) is 10.4. The number of benzene rings is 1. The number of hydrogen-bond acceptors (Lipinski definition) is 3. The van der Waals surface area contributed by atoms with Gasteiger partial charge < -0.3 is 10.4 Å². The highest BCUT2D eigenvalue weighted by Crippen LogP contribution is 2.25. The first-order valence-electron chi connectivity index (χ1n) is 6.26. The molecule has 2 aromatic rings. The summed E-state index contributed by atoms with van der Waals surface area (Å²) in [6.45, 7) is 3.88. The molecule has 0 aliphatic carbocycles.